The Balaban J connectivity index is 1.67. The Morgan fingerprint density at radius 2 is 1.96 bits per heavy atom. The molecule has 7 nitrogen and oxygen atoms in total. The zero-order valence-corrected chi connectivity index (χ0v) is 14.6. The smallest absolute Gasteiger partial charge is 0.272 e. The quantitative estimate of drug-likeness (QED) is 0.507. The number of ether oxygens (including phenoxy) is 1. The van der Waals surface area contributed by atoms with Gasteiger partial charge in [-0.1, -0.05) is 30.3 Å². The lowest BCUT2D eigenvalue weighted by Gasteiger charge is -2.17. The molecule has 3 aromatic rings. The highest BCUT2D eigenvalue weighted by Gasteiger charge is 2.19. The third-order valence-electron chi connectivity index (χ3n) is 4.00. The molecule has 7 heteroatoms. The van der Waals surface area contributed by atoms with Gasteiger partial charge in [-0.25, -0.2) is 0 Å². The number of carbonyl (C=O) groups excluding carboxylic acids is 1. The minimum atomic E-state index is -0.459. The van der Waals surface area contributed by atoms with Gasteiger partial charge in [-0.15, -0.1) is 0 Å². The Kier molecular flexibility index (Phi) is 5.51. The van der Waals surface area contributed by atoms with Crippen LogP contribution in [0.4, 0.5) is 5.69 Å². The predicted octanol–water partition coefficient (Wildman–Crippen LogP) is 3.78. The summed E-state index contributed by atoms with van der Waals surface area (Å²) in [5.74, 6) is 0.666. The Labute approximate surface area is 155 Å². The minimum Gasteiger partial charge on any atom is -0.484 e. The van der Waals surface area contributed by atoms with Crippen molar-refractivity contribution in [1.82, 2.24) is 5.32 Å². The third-order valence-corrected chi connectivity index (χ3v) is 4.00. The molecule has 27 heavy (non-hydrogen) atoms. The fraction of sp³-hybridized carbons (Fsp3) is 0.150. The van der Waals surface area contributed by atoms with Gasteiger partial charge >= 0.3 is 0 Å². The second-order valence-electron chi connectivity index (χ2n) is 5.92. The number of aryl methyl sites for hydroxylation is 1. The zero-order valence-electron chi connectivity index (χ0n) is 14.6. The van der Waals surface area contributed by atoms with Crippen LogP contribution in [0.2, 0.25) is 0 Å². The van der Waals surface area contributed by atoms with E-state index in [4.69, 9.17) is 9.15 Å². The van der Waals surface area contributed by atoms with Crippen molar-refractivity contribution in [2.75, 3.05) is 6.61 Å². The molecular weight excluding hydrogens is 348 g/mol. The van der Waals surface area contributed by atoms with Crippen LogP contribution in [0.3, 0.4) is 0 Å². The number of nitrogens with zero attached hydrogens (tertiary/aromatic N) is 1. The van der Waals surface area contributed by atoms with E-state index in [1.54, 1.807) is 25.3 Å². The van der Waals surface area contributed by atoms with E-state index >= 15 is 0 Å². The Bertz CT molecular complexity index is 923. The van der Waals surface area contributed by atoms with E-state index in [1.807, 2.05) is 30.3 Å². The molecule has 0 radical (unpaired) electrons. The van der Waals surface area contributed by atoms with Gasteiger partial charge in [-0.05, 0) is 36.8 Å². The zero-order chi connectivity index (χ0) is 19.2. The molecule has 1 atom stereocenters. The largest absolute Gasteiger partial charge is 0.484 e. The summed E-state index contributed by atoms with van der Waals surface area (Å²) in [6.07, 6.45) is 1.55. The molecule has 0 saturated carbocycles. The molecule has 0 unspecified atom stereocenters. The second kappa shape index (κ2) is 8.18. The Morgan fingerprint density at radius 1 is 1.19 bits per heavy atom. The molecule has 138 valence electrons. The Morgan fingerprint density at radius 3 is 2.59 bits per heavy atom. The molecular formula is C20H18N2O5. The summed E-state index contributed by atoms with van der Waals surface area (Å²) >= 11 is 0. The van der Waals surface area contributed by atoms with Crippen LogP contribution >= 0.6 is 0 Å². The topological polar surface area (TPSA) is 94.6 Å². The maximum absolute atomic E-state index is 12.4. The Hall–Kier alpha value is -3.61. The SMILES string of the molecule is Cc1cc(OCC(=O)N[C@@H](c2ccccc2)c2ccco2)ccc1[N+](=O)[O-]. The minimum absolute atomic E-state index is 0.00811. The fourth-order valence-corrected chi connectivity index (χ4v) is 2.69. The van der Waals surface area contributed by atoms with Gasteiger partial charge in [0.25, 0.3) is 11.6 Å². The van der Waals surface area contributed by atoms with E-state index in [2.05, 4.69) is 5.32 Å². The van der Waals surface area contributed by atoms with Crippen molar-refractivity contribution in [1.29, 1.82) is 0 Å². The average Bonchev–Trinajstić information content (AvgIpc) is 3.19. The molecule has 0 aliphatic rings. The molecule has 1 N–H and O–H groups in total. The highest BCUT2D eigenvalue weighted by atomic mass is 16.6. The first kappa shape index (κ1) is 18.2. The van der Waals surface area contributed by atoms with Gasteiger partial charge in [0, 0.05) is 11.6 Å². The number of amides is 1. The molecule has 0 aliphatic carbocycles. The van der Waals surface area contributed by atoms with Crippen molar-refractivity contribution in [2.45, 2.75) is 13.0 Å². The average molecular weight is 366 g/mol. The molecule has 2 aromatic carbocycles. The normalized spacial score (nSPS) is 11.6. The number of benzene rings is 2. The first-order valence-corrected chi connectivity index (χ1v) is 8.30. The summed E-state index contributed by atoms with van der Waals surface area (Å²) in [6, 6.07) is 16.9. The van der Waals surface area contributed by atoms with E-state index in [0.29, 0.717) is 17.1 Å². The van der Waals surface area contributed by atoms with E-state index in [-0.39, 0.29) is 18.2 Å². The second-order valence-corrected chi connectivity index (χ2v) is 5.92. The maximum Gasteiger partial charge on any atom is 0.272 e. The molecule has 0 bridgehead atoms. The number of nitrogens with one attached hydrogen (secondary N) is 1. The van der Waals surface area contributed by atoms with Crippen LogP contribution in [0.1, 0.15) is 22.9 Å². The van der Waals surface area contributed by atoms with Crippen LogP contribution in [-0.4, -0.2) is 17.4 Å². The van der Waals surface area contributed by atoms with Crippen molar-refractivity contribution in [3.8, 4) is 5.75 Å². The summed E-state index contributed by atoms with van der Waals surface area (Å²) in [5, 5.41) is 13.7. The van der Waals surface area contributed by atoms with Crippen molar-refractivity contribution in [2.24, 2.45) is 0 Å². The number of furan rings is 1. The summed E-state index contributed by atoms with van der Waals surface area (Å²) in [4.78, 5) is 22.8. The van der Waals surface area contributed by atoms with E-state index in [9.17, 15) is 14.9 Å². The summed E-state index contributed by atoms with van der Waals surface area (Å²) in [6.45, 7) is 1.40. The van der Waals surface area contributed by atoms with E-state index < -0.39 is 11.0 Å². The maximum atomic E-state index is 12.4. The van der Waals surface area contributed by atoms with E-state index in [1.165, 1.54) is 18.2 Å². The first-order chi connectivity index (χ1) is 13.0. The van der Waals surface area contributed by atoms with Gasteiger partial charge < -0.3 is 14.5 Å². The van der Waals surface area contributed by atoms with Gasteiger partial charge in [-0.2, -0.15) is 0 Å². The fourth-order valence-electron chi connectivity index (χ4n) is 2.69. The van der Waals surface area contributed by atoms with Gasteiger partial charge in [0.2, 0.25) is 0 Å². The number of nitro benzene ring substituents is 1. The van der Waals surface area contributed by atoms with Gasteiger partial charge in [0.15, 0.2) is 6.61 Å². The number of rotatable bonds is 7. The summed E-state index contributed by atoms with van der Waals surface area (Å²) in [5.41, 5.74) is 1.36. The lowest BCUT2D eigenvalue weighted by molar-refractivity contribution is -0.385. The molecule has 1 aromatic heterocycles. The molecule has 0 saturated heterocycles. The monoisotopic (exact) mass is 366 g/mol. The summed E-state index contributed by atoms with van der Waals surface area (Å²) in [7, 11) is 0. The standard InChI is InChI=1S/C20H18N2O5/c1-14-12-16(9-10-17(14)22(24)25)27-13-19(23)21-20(18-8-5-11-26-18)15-6-3-2-4-7-15/h2-12,20H,13H2,1H3,(H,21,23)/t20-/m0/s1. The van der Waals surface area contributed by atoms with Crippen LogP contribution in [-0.2, 0) is 4.79 Å². The van der Waals surface area contributed by atoms with Crippen LogP contribution < -0.4 is 10.1 Å². The third kappa shape index (κ3) is 4.52. The van der Waals surface area contributed by atoms with Crippen molar-refractivity contribution in [3.05, 3.63) is 93.9 Å². The van der Waals surface area contributed by atoms with Crippen molar-refractivity contribution in [3.63, 3.8) is 0 Å². The number of hydrogen-bond acceptors (Lipinski definition) is 5. The highest BCUT2D eigenvalue weighted by molar-refractivity contribution is 5.78. The van der Waals surface area contributed by atoms with Crippen LogP contribution in [0.15, 0.2) is 71.3 Å². The van der Waals surface area contributed by atoms with Crippen LogP contribution in [0, 0.1) is 17.0 Å². The first-order valence-electron chi connectivity index (χ1n) is 8.30. The molecule has 0 aliphatic heterocycles. The van der Waals surface area contributed by atoms with Crippen LogP contribution in [0.5, 0.6) is 5.75 Å². The highest BCUT2D eigenvalue weighted by Crippen LogP contribution is 2.24. The number of carbonyl (C=O) groups is 1. The van der Waals surface area contributed by atoms with Crippen molar-refractivity contribution < 1.29 is 18.9 Å². The van der Waals surface area contributed by atoms with E-state index in [0.717, 1.165) is 5.56 Å². The van der Waals surface area contributed by atoms with Gasteiger partial charge in [0.1, 0.15) is 17.6 Å². The van der Waals surface area contributed by atoms with Gasteiger partial charge in [-0.3, -0.25) is 14.9 Å². The molecule has 0 spiro atoms. The van der Waals surface area contributed by atoms with Crippen LogP contribution in [0.25, 0.3) is 0 Å². The predicted molar refractivity (Wildman–Crippen MR) is 98.5 cm³/mol. The number of hydrogen-bond donors (Lipinski definition) is 1. The lowest BCUT2D eigenvalue weighted by atomic mass is 10.0. The van der Waals surface area contributed by atoms with Gasteiger partial charge in [0.05, 0.1) is 11.2 Å². The molecule has 1 amide bonds. The molecule has 3 rings (SSSR count). The molecule has 0 fully saturated rings. The summed E-state index contributed by atoms with van der Waals surface area (Å²) < 4.78 is 10.9. The lowest BCUT2D eigenvalue weighted by Crippen LogP contribution is -2.33. The van der Waals surface area contributed by atoms with Crippen molar-refractivity contribution >= 4 is 11.6 Å². The number of nitro groups is 1. The molecule has 1 heterocycles.